The number of carbonyl (C=O) groups excluding carboxylic acids is 1. The maximum atomic E-state index is 12.3. The normalized spacial score (nSPS) is 11.0. The highest BCUT2D eigenvalue weighted by molar-refractivity contribution is 6.02. The zero-order valence-electron chi connectivity index (χ0n) is 22.9. The second-order valence-electron chi connectivity index (χ2n) is 9.65. The quantitative estimate of drug-likeness (QED) is 0.310. The van der Waals surface area contributed by atoms with Gasteiger partial charge in [0.2, 0.25) is 5.91 Å². The molecule has 0 aliphatic rings. The molecular weight excluding hydrogens is 478 g/mol. The molecule has 0 spiro atoms. The van der Waals surface area contributed by atoms with E-state index in [1.807, 2.05) is 77.5 Å². The summed E-state index contributed by atoms with van der Waals surface area (Å²) in [5.74, 6) is 0.221. The zero-order chi connectivity index (χ0) is 27.4. The number of aromatic nitrogens is 3. The number of anilines is 3. The topological polar surface area (TPSA) is 78.8 Å². The van der Waals surface area contributed by atoms with Crippen LogP contribution in [-0.2, 0) is 11.8 Å². The summed E-state index contributed by atoms with van der Waals surface area (Å²) in [6, 6.07) is 14.1. The summed E-state index contributed by atoms with van der Waals surface area (Å²) in [6.45, 7) is 5.22. The number of para-hydroxylation sites is 1. The third kappa shape index (κ3) is 5.78. The lowest BCUT2D eigenvalue weighted by molar-refractivity contribution is -0.111. The van der Waals surface area contributed by atoms with Gasteiger partial charge in [-0.15, -0.1) is 0 Å². The number of hydrogen-bond acceptors (Lipinski definition) is 7. The van der Waals surface area contributed by atoms with Crippen LogP contribution in [0.2, 0.25) is 0 Å². The maximum absolute atomic E-state index is 12.3. The van der Waals surface area contributed by atoms with Gasteiger partial charge in [0.1, 0.15) is 0 Å². The Kier molecular flexibility index (Phi) is 7.97. The number of benzene rings is 2. The predicted octanol–water partition coefficient (Wildman–Crippen LogP) is 4.62. The van der Waals surface area contributed by atoms with Gasteiger partial charge in [-0.2, -0.15) is 4.98 Å². The van der Waals surface area contributed by atoms with Gasteiger partial charge in [0.25, 0.3) is 0 Å². The summed E-state index contributed by atoms with van der Waals surface area (Å²) < 4.78 is 8.35. The molecule has 0 bridgehead atoms. The average Bonchev–Trinajstić information content (AvgIpc) is 3.24. The molecule has 38 heavy (non-hydrogen) atoms. The number of nitrogens with zero attached hydrogens (tertiary/aromatic N) is 6. The molecule has 4 aromatic rings. The third-order valence-electron chi connectivity index (χ3n) is 6.30. The van der Waals surface area contributed by atoms with Gasteiger partial charge in [0.15, 0.2) is 5.75 Å². The van der Waals surface area contributed by atoms with E-state index in [2.05, 4.69) is 49.6 Å². The zero-order valence-corrected chi connectivity index (χ0v) is 22.9. The molecule has 0 radical (unpaired) electrons. The van der Waals surface area contributed by atoms with E-state index >= 15 is 0 Å². The number of nitrogens with one attached hydrogen (secondary N) is 1. The molecule has 198 valence electrons. The Morgan fingerprint density at radius 1 is 1.08 bits per heavy atom. The van der Waals surface area contributed by atoms with Crippen LogP contribution < -0.4 is 19.9 Å². The van der Waals surface area contributed by atoms with Crippen LogP contribution in [0.1, 0.15) is 0 Å². The lowest BCUT2D eigenvalue weighted by atomic mass is 10.1. The fraction of sp³-hybridized carbons (Fsp3) is 0.276. The minimum atomic E-state index is -0.301. The van der Waals surface area contributed by atoms with Gasteiger partial charge in [-0.25, -0.2) is 4.98 Å². The number of likely N-dealkylation sites (N-methyl/N-ethyl adjacent to an activating group) is 2. The summed E-state index contributed by atoms with van der Waals surface area (Å²) in [5.41, 5.74) is 5.19. The third-order valence-corrected chi connectivity index (χ3v) is 6.30. The molecule has 2 aromatic carbocycles. The van der Waals surface area contributed by atoms with Gasteiger partial charge in [0, 0.05) is 76.2 Å². The molecule has 0 saturated heterocycles. The van der Waals surface area contributed by atoms with E-state index in [-0.39, 0.29) is 11.9 Å². The molecule has 2 aromatic heterocycles. The first kappa shape index (κ1) is 26.7. The molecule has 0 fully saturated rings. The van der Waals surface area contributed by atoms with Crippen LogP contribution in [0.4, 0.5) is 17.1 Å². The minimum Gasteiger partial charge on any atom is -0.422 e. The number of ether oxygens (including phenoxy) is 1. The molecule has 0 aliphatic carbocycles. The van der Waals surface area contributed by atoms with Gasteiger partial charge >= 0.3 is 6.01 Å². The molecule has 1 amide bonds. The predicted molar refractivity (Wildman–Crippen MR) is 155 cm³/mol. The largest absolute Gasteiger partial charge is 0.422 e. The number of carbonyl (C=O) groups is 1. The van der Waals surface area contributed by atoms with Gasteiger partial charge in [-0.3, -0.25) is 4.79 Å². The number of aryl methyl sites for hydroxylation is 1. The maximum Gasteiger partial charge on any atom is 0.322 e. The van der Waals surface area contributed by atoms with Crippen LogP contribution in [0, 0.1) is 0 Å². The van der Waals surface area contributed by atoms with Gasteiger partial charge in [-0.1, -0.05) is 24.8 Å². The van der Waals surface area contributed by atoms with E-state index in [4.69, 9.17) is 9.72 Å². The lowest BCUT2D eigenvalue weighted by Gasteiger charge is -2.27. The van der Waals surface area contributed by atoms with Crippen molar-refractivity contribution in [1.82, 2.24) is 19.4 Å². The molecule has 4 rings (SSSR count). The molecule has 0 saturated carbocycles. The van der Waals surface area contributed by atoms with Gasteiger partial charge < -0.3 is 29.3 Å². The first-order valence-corrected chi connectivity index (χ1v) is 12.4. The molecule has 0 unspecified atom stereocenters. The van der Waals surface area contributed by atoms with E-state index < -0.39 is 0 Å². The Morgan fingerprint density at radius 3 is 2.55 bits per heavy atom. The van der Waals surface area contributed by atoms with E-state index in [1.54, 1.807) is 6.20 Å². The molecular formula is C29H35N7O2. The molecule has 9 nitrogen and oxygen atoms in total. The van der Waals surface area contributed by atoms with Crippen molar-refractivity contribution in [3.8, 4) is 23.0 Å². The van der Waals surface area contributed by atoms with Crippen LogP contribution in [0.25, 0.3) is 22.2 Å². The van der Waals surface area contributed by atoms with Crippen molar-refractivity contribution in [3.63, 3.8) is 0 Å². The fourth-order valence-corrected chi connectivity index (χ4v) is 4.24. The van der Waals surface area contributed by atoms with Crippen molar-refractivity contribution in [1.29, 1.82) is 0 Å². The van der Waals surface area contributed by atoms with Crippen LogP contribution in [0.15, 0.2) is 67.5 Å². The van der Waals surface area contributed by atoms with Crippen LogP contribution >= 0.6 is 0 Å². The van der Waals surface area contributed by atoms with E-state index in [0.717, 1.165) is 46.6 Å². The van der Waals surface area contributed by atoms with Crippen LogP contribution in [0.5, 0.6) is 11.8 Å². The molecule has 0 aliphatic heterocycles. The monoisotopic (exact) mass is 513 g/mol. The van der Waals surface area contributed by atoms with Gasteiger partial charge in [0.05, 0.1) is 22.8 Å². The first-order valence-electron chi connectivity index (χ1n) is 12.4. The lowest BCUT2D eigenvalue weighted by Crippen LogP contribution is -2.29. The number of fused-ring (bicyclic) bond motifs is 1. The Bertz CT molecular complexity index is 1460. The van der Waals surface area contributed by atoms with E-state index in [0.29, 0.717) is 11.4 Å². The Hall–Kier alpha value is -4.37. The smallest absolute Gasteiger partial charge is 0.322 e. The summed E-state index contributed by atoms with van der Waals surface area (Å²) in [5, 5.41) is 4.03. The van der Waals surface area contributed by atoms with Crippen molar-refractivity contribution in [2.24, 2.45) is 7.05 Å². The van der Waals surface area contributed by atoms with Crippen molar-refractivity contribution < 1.29 is 9.53 Å². The highest BCUT2D eigenvalue weighted by Gasteiger charge is 2.19. The molecule has 1 N–H and O–H groups in total. The Balaban J connectivity index is 1.74. The Morgan fingerprint density at radius 2 is 1.84 bits per heavy atom. The van der Waals surface area contributed by atoms with Gasteiger partial charge in [-0.05, 0) is 38.4 Å². The summed E-state index contributed by atoms with van der Waals surface area (Å²) in [4.78, 5) is 27.6. The van der Waals surface area contributed by atoms with Crippen molar-refractivity contribution in [3.05, 3.63) is 67.5 Å². The highest BCUT2D eigenvalue weighted by atomic mass is 16.5. The number of rotatable bonds is 10. The van der Waals surface area contributed by atoms with E-state index in [1.165, 1.54) is 6.08 Å². The SMILES string of the molecule is C=CC(=O)Nc1cc(Oc2nccc(-c3cn(C)c4ccccc34)n2)c(N(C)C)cc1N(C)CCN(C)C. The molecule has 9 heteroatoms. The molecule has 0 atom stereocenters. The number of amides is 1. The number of hydrogen-bond donors (Lipinski definition) is 1. The standard InChI is InChI=1S/C29H35N7O2/c1-8-28(37)31-23-17-27(26(34(4)5)18-25(23)35(6)16-15-33(2)3)38-29-30-14-13-22(32-29)21-19-36(7)24-12-10-9-11-20(21)24/h8-14,17-19H,1,15-16H2,2-7H3,(H,31,37). The summed E-state index contributed by atoms with van der Waals surface area (Å²) in [7, 11) is 12.0. The summed E-state index contributed by atoms with van der Waals surface area (Å²) in [6.07, 6.45) is 5.00. The fourth-order valence-electron chi connectivity index (χ4n) is 4.24. The summed E-state index contributed by atoms with van der Waals surface area (Å²) >= 11 is 0. The Labute approximate surface area is 224 Å². The second kappa shape index (κ2) is 11.4. The second-order valence-corrected chi connectivity index (χ2v) is 9.65. The first-order chi connectivity index (χ1) is 18.2. The van der Waals surface area contributed by atoms with Crippen molar-refractivity contribution in [2.45, 2.75) is 0 Å². The molecule has 2 heterocycles. The van der Waals surface area contributed by atoms with Crippen LogP contribution in [-0.4, -0.2) is 73.7 Å². The van der Waals surface area contributed by atoms with Crippen LogP contribution in [0.3, 0.4) is 0 Å². The van der Waals surface area contributed by atoms with Crippen molar-refractivity contribution in [2.75, 3.05) is 63.4 Å². The van der Waals surface area contributed by atoms with Crippen molar-refractivity contribution >= 4 is 33.9 Å². The average molecular weight is 514 g/mol. The highest BCUT2D eigenvalue weighted by Crippen LogP contribution is 2.40. The minimum absolute atomic E-state index is 0.216. The van der Waals surface area contributed by atoms with E-state index in [9.17, 15) is 4.79 Å².